The number of aromatic nitrogens is 2. The van der Waals surface area contributed by atoms with Crippen LogP contribution in [0.5, 0.6) is 5.75 Å². The van der Waals surface area contributed by atoms with E-state index in [0.29, 0.717) is 11.8 Å². The highest BCUT2D eigenvalue weighted by atomic mass is 16.5. The molecule has 1 aromatic carbocycles. The predicted molar refractivity (Wildman–Crippen MR) is 86.2 cm³/mol. The van der Waals surface area contributed by atoms with Crippen LogP contribution in [-0.2, 0) is 5.41 Å². The molecule has 0 saturated heterocycles. The zero-order valence-corrected chi connectivity index (χ0v) is 14.0. The van der Waals surface area contributed by atoms with Crippen LogP contribution in [0.4, 0.5) is 0 Å². The Bertz CT molecular complexity index is 664. The van der Waals surface area contributed by atoms with Gasteiger partial charge in [-0.05, 0) is 50.3 Å². The van der Waals surface area contributed by atoms with Crippen LogP contribution in [0.3, 0.4) is 0 Å². The van der Waals surface area contributed by atoms with E-state index in [2.05, 4.69) is 43.0 Å². The van der Waals surface area contributed by atoms with Gasteiger partial charge in [-0.3, -0.25) is 0 Å². The van der Waals surface area contributed by atoms with E-state index in [1.165, 1.54) is 18.4 Å². The van der Waals surface area contributed by atoms with Crippen LogP contribution in [0, 0.1) is 0 Å². The molecule has 0 atom stereocenters. The zero-order valence-electron chi connectivity index (χ0n) is 14.0. The molecule has 1 saturated carbocycles. The fraction of sp³-hybridized carbons (Fsp3) is 0.556. The second kappa shape index (κ2) is 5.41. The average Bonchev–Trinajstić information content (AvgIpc) is 3.12. The van der Waals surface area contributed by atoms with E-state index < -0.39 is 0 Å². The maximum absolute atomic E-state index is 5.99. The number of hydrogen-bond acceptors (Lipinski definition) is 4. The third kappa shape index (κ3) is 3.16. The van der Waals surface area contributed by atoms with Gasteiger partial charge in [-0.1, -0.05) is 32.0 Å². The molecule has 0 bridgehead atoms. The van der Waals surface area contributed by atoms with Crippen molar-refractivity contribution in [1.82, 2.24) is 10.1 Å². The van der Waals surface area contributed by atoms with E-state index in [0.717, 1.165) is 17.1 Å². The summed E-state index contributed by atoms with van der Waals surface area (Å²) in [5.74, 6) is 2.88. The number of nitrogens with zero attached hydrogens (tertiary/aromatic N) is 2. The Morgan fingerprint density at radius 2 is 1.95 bits per heavy atom. The van der Waals surface area contributed by atoms with Gasteiger partial charge in [0.05, 0.1) is 6.10 Å². The molecular formula is C18H24N2O2. The molecule has 3 rings (SSSR count). The van der Waals surface area contributed by atoms with Gasteiger partial charge in [-0.2, -0.15) is 4.98 Å². The molecule has 1 fully saturated rings. The molecule has 1 heterocycles. The summed E-state index contributed by atoms with van der Waals surface area (Å²) in [4.78, 5) is 4.53. The molecule has 0 spiro atoms. The van der Waals surface area contributed by atoms with Crippen LogP contribution in [0.2, 0.25) is 0 Å². The Morgan fingerprint density at radius 1 is 1.23 bits per heavy atom. The first kappa shape index (κ1) is 15.1. The van der Waals surface area contributed by atoms with Crippen LogP contribution in [0.25, 0.3) is 11.5 Å². The van der Waals surface area contributed by atoms with Crippen molar-refractivity contribution in [1.29, 1.82) is 0 Å². The summed E-state index contributed by atoms with van der Waals surface area (Å²) in [6.45, 7) is 10.3. The van der Waals surface area contributed by atoms with Gasteiger partial charge in [-0.15, -0.1) is 0 Å². The normalized spacial score (nSPS) is 15.4. The third-order valence-electron chi connectivity index (χ3n) is 3.74. The molecule has 0 aliphatic heterocycles. The van der Waals surface area contributed by atoms with E-state index in [-0.39, 0.29) is 11.5 Å². The molecule has 1 aromatic heterocycles. The maximum atomic E-state index is 5.99. The first-order valence-electron chi connectivity index (χ1n) is 8.00. The Labute approximate surface area is 131 Å². The summed E-state index contributed by atoms with van der Waals surface area (Å²) in [6.07, 6.45) is 2.66. The minimum absolute atomic E-state index is 0.118. The van der Waals surface area contributed by atoms with Crippen molar-refractivity contribution in [2.45, 2.75) is 64.9 Å². The Hall–Kier alpha value is -1.84. The highest BCUT2D eigenvalue weighted by Crippen LogP contribution is 2.45. The first-order chi connectivity index (χ1) is 10.3. The van der Waals surface area contributed by atoms with Crippen molar-refractivity contribution in [2.75, 3.05) is 0 Å². The fourth-order valence-corrected chi connectivity index (χ4v) is 2.40. The third-order valence-corrected chi connectivity index (χ3v) is 3.74. The molecular weight excluding hydrogens is 276 g/mol. The fourth-order valence-electron chi connectivity index (χ4n) is 2.40. The summed E-state index contributed by atoms with van der Waals surface area (Å²) in [5, 5.41) is 4.10. The van der Waals surface area contributed by atoms with E-state index in [1.54, 1.807) is 0 Å². The van der Waals surface area contributed by atoms with E-state index in [1.807, 2.05) is 19.9 Å². The molecule has 0 unspecified atom stereocenters. The zero-order chi connectivity index (χ0) is 15.9. The van der Waals surface area contributed by atoms with Gasteiger partial charge in [0.1, 0.15) is 5.75 Å². The molecule has 1 aliphatic carbocycles. The topological polar surface area (TPSA) is 48.2 Å². The van der Waals surface area contributed by atoms with Crippen molar-refractivity contribution >= 4 is 0 Å². The first-order valence-corrected chi connectivity index (χ1v) is 8.00. The highest BCUT2D eigenvalue weighted by Gasteiger charge is 2.28. The minimum atomic E-state index is -0.118. The number of benzene rings is 1. The lowest BCUT2D eigenvalue weighted by Gasteiger charge is -2.14. The minimum Gasteiger partial charge on any atom is -0.491 e. The molecule has 4 nitrogen and oxygen atoms in total. The van der Waals surface area contributed by atoms with Gasteiger partial charge in [0.25, 0.3) is 5.89 Å². The molecule has 0 N–H and O–H groups in total. The molecule has 1 aliphatic rings. The van der Waals surface area contributed by atoms with Crippen molar-refractivity contribution in [3.05, 3.63) is 29.6 Å². The number of hydrogen-bond donors (Lipinski definition) is 0. The molecule has 118 valence electrons. The van der Waals surface area contributed by atoms with Crippen molar-refractivity contribution < 1.29 is 9.26 Å². The Balaban J connectivity index is 1.95. The van der Waals surface area contributed by atoms with Gasteiger partial charge in [0, 0.05) is 11.0 Å². The smallest absolute Gasteiger partial charge is 0.258 e. The molecule has 22 heavy (non-hydrogen) atoms. The number of ether oxygens (including phenoxy) is 1. The van der Waals surface area contributed by atoms with Crippen LogP contribution in [-0.4, -0.2) is 16.2 Å². The van der Waals surface area contributed by atoms with Crippen LogP contribution < -0.4 is 4.74 Å². The lowest BCUT2D eigenvalue weighted by Crippen LogP contribution is -2.13. The van der Waals surface area contributed by atoms with Crippen LogP contribution in [0.1, 0.15) is 64.8 Å². The number of rotatable bonds is 4. The summed E-state index contributed by atoms with van der Waals surface area (Å²) < 4.78 is 11.4. The SMILES string of the molecule is CC(C)Oc1cc(-c2nc(C(C)(C)C)no2)ccc1C1CC1. The van der Waals surface area contributed by atoms with E-state index in [4.69, 9.17) is 9.26 Å². The van der Waals surface area contributed by atoms with Crippen molar-refractivity contribution in [3.63, 3.8) is 0 Å². The van der Waals surface area contributed by atoms with Gasteiger partial charge >= 0.3 is 0 Å². The summed E-state index contributed by atoms with van der Waals surface area (Å²) in [5.41, 5.74) is 2.10. The lowest BCUT2D eigenvalue weighted by molar-refractivity contribution is 0.240. The molecule has 2 aromatic rings. The lowest BCUT2D eigenvalue weighted by atomic mass is 9.96. The van der Waals surface area contributed by atoms with Crippen LogP contribution in [0.15, 0.2) is 22.7 Å². The molecule has 0 radical (unpaired) electrons. The standard InChI is InChI=1S/C18H24N2O2/c1-11(2)21-15-10-13(8-9-14(15)12-6-7-12)16-19-17(20-22-16)18(3,4)5/h8-12H,6-7H2,1-5H3. The molecule has 4 heteroatoms. The second-order valence-corrected chi connectivity index (χ2v) is 7.37. The largest absolute Gasteiger partial charge is 0.491 e. The quantitative estimate of drug-likeness (QED) is 0.821. The predicted octanol–water partition coefficient (Wildman–Crippen LogP) is 4.70. The summed E-state index contributed by atoms with van der Waals surface area (Å²) in [6, 6.07) is 6.24. The highest BCUT2D eigenvalue weighted by molar-refractivity contribution is 5.59. The monoisotopic (exact) mass is 300 g/mol. The Kier molecular flexibility index (Phi) is 3.71. The van der Waals surface area contributed by atoms with Gasteiger partial charge < -0.3 is 9.26 Å². The summed E-state index contributed by atoms with van der Waals surface area (Å²) in [7, 11) is 0. The van der Waals surface area contributed by atoms with Gasteiger partial charge in [-0.25, -0.2) is 0 Å². The molecule has 0 amide bonds. The van der Waals surface area contributed by atoms with Crippen molar-refractivity contribution in [3.8, 4) is 17.2 Å². The van der Waals surface area contributed by atoms with E-state index >= 15 is 0 Å². The van der Waals surface area contributed by atoms with E-state index in [9.17, 15) is 0 Å². The van der Waals surface area contributed by atoms with Gasteiger partial charge in [0.15, 0.2) is 5.82 Å². The summed E-state index contributed by atoms with van der Waals surface area (Å²) >= 11 is 0. The second-order valence-electron chi connectivity index (χ2n) is 7.37. The average molecular weight is 300 g/mol. The Morgan fingerprint density at radius 3 is 2.50 bits per heavy atom. The van der Waals surface area contributed by atoms with Gasteiger partial charge in [0.2, 0.25) is 0 Å². The van der Waals surface area contributed by atoms with Crippen molar-refractivity contribution in [2.24, 2.45) is 0 Å². The maximum Gasteiger partial charge on any atom is 0.258 e. The van der Waals surface area contributed by atoms with Crippen LogP contribution >= 0.6 is 0 Å².